The molecule has 0 spiro atoms. The van der Waals surface area contributed by atoms with Crippen LogP contribution in [0.5, 0.6) is 0 Å². The number of carboxylic acid groups (broad SMARTS) is 2. The van der Waals surface area contributed by atoms with Crippen LogP contribution in [-0.4, -0.2) is 84.3 Å². The first-order chi connectivity index (χ1) is 11.5. The van der Waals surface area contributed by atoms with Crippen LogP contribution in [0.1, 0.15) is 38.5 Å². The minimum atomic E-state index is -0.870. The molecule has 0 aromatic carbocycles. The zero-order valence-corrected chi connectivity index (χ0v) is 14.7. The van der Waals surface area contributed by atoms with Crippen LogP contribution in [0.2, 0.25) is 0 Å². The molecule has 0 aromatic rings. The van der Waals surface area contributed by atoms with Crippen molar-refractivity contribution in [3.8, 4) is 0 Å². The largest absolute Gasteiger partial charge is 0.481 e. The lowest BCUT2D eigenvalue weighted by atomic mass is 10.2. The van der Waals surface area contributed by atoms with E-state index >= 15 is 0 Å². The van der Waals surface area contributed by atoms with Gasteiger partial charge in [-0.1, -0.05) is 0 Å². The number of hydrogen-bond acceptors (Lipinski definition) is 6. The number of rotatable bonds is 11. The van der Waals surface area contributed by atoms with Crippen LogP contribution in [-0.2, 0) is 9.59 Å². The lowest BCUT2D eigenvalue weighted by molar-refractivity contribution is -0.139. The van der Waals surface area contributed by atoms with E-state index in [0.717, 1.165) is 25.9 Å². The van der Waals surface area contributed by atoms with Gasteiger partial charge in [0.15, 0.2) is 0 Å². The minimum Gasteiger partial charge on any atom is -0.481 e. The van der Waals surface area contributed by atoms with Gasteiger partial charge in [0.25, 0.3) is 0 Å². The summed E-state index contributed by atoms with van der Waals surface area (Å²) in [6.45, 7) is 8.76. The Labute approximate surface area is 144 Å². The van der Waals surface area contributed by atoms with Gasteiger partial charge in [0.05, 0.1) is 0 Å². The predicted octanol–water partition coefficient (Wildman–Crippen LogP) is 0.0176. The molecule has 1 rings (SSSR count). The van der Waals surface area contributed by atoms with Gasteiger partial charge in [-0.2, -0.15) is 0 Å². The second-order valence-electron chi connectivity index (χ2n) is 5.96. The molecule has 0 radical (unpaired) electrons. The maximum absolute atomic E-state index is 9.90. The zero-order chi connectivity index (χ0) is 18.2. The second kappa shape index (κ2) is 15.3. The molecule has 0 saturated carbocycles. The predicted molar refractivity (Wildman–Crippen MR) is 94.0 cm³/mol. The van der Waals surface area contributed by atoms with Gasteiger partial charge in [-0.25, -0.2) is 0 Å². The van der Waals surface area contributed by atoms with E-state index in [0.29, 0.717) is 12.8 Å². The molecule has 142 valence electrons. The van der Waals surface area contributed by atoms with E-state index in [1.165, 1.54) is 39.3 Å². The zero-order valence-electron chi connectivity index (χ0n) is 14.7. The fourth-order valence-corrected chi connectivity index (χ4v) is 2.42. The number of piperazine rings is 1. The number of carboxylic acids is 2. The van der Waals surface area contributed by atoms with E-state index in [2.05, 4.69) is 9.80 Å². The van der Waals surface area contributed by atoms with Gasteiger partial charge >= 0.3 is 11.9 Å². The minimum absolute atomic E-state index is 0.0628. The van der Waals surface area contributed by atoms with Crippen LogP contribution in [0.4, 0.5) is 0 Å². The fraction of sp³-hybridized carbons (Fsp3) is 0.875. The van der Waals surface area contributed by atoms with Crippen molar-refractivity contribution in [3.63, 3.8) is 0 Å². The molecular formula is C16H34N4O4. The summed E-state index contributed by atoms with van der Waals surface area (Å²) in [5.41, 5.74) is 11.0. The van der Waals surface area contributed by atoms with E-state index in [9.17, 15) is 9.59 Å². The summed E-state index contributed by atoms with van der Waals surface area (Å²) >= 11 is 0. The van der Waals surface area contributed by atoms with Crippen LogP contribution in [0.15, 0.2) is 0 Å². The van der Waals surface area contributed by atoms with E-state index in [1.807, 2.05) is 0 Å². The summed E-state index contributed by atoms with van der Waals surface area (Å²) in [6, 6.07) is 0. The highest BCUT2D eigenvalue weighted by molar-refractivity contribution is 5.67. The van der Waals surface area contributed by atoms with Crippen molar-refractivity contribution in [3.05, 3.63) is 0 Å². The molecule has 1 aliphatic rings. The fourth-order valence-electron chi connectivity index (χ4n) is 2.42. The number of unbranched alkanes of at least 4 members (excludes halogenated alkanes) is 1. The molecule has 1 saturated heterocycles. The third-order valence-corrected chi connectivity index (χ3v) is 3.85. The average Bonchev–Trinajstić information content (AvgIpc) is 2.56. The third kappa shape index (κ3) is 14.4. The van der Waals surface area contributed by atoms with Gasteiger partial charge in [-0.15, -0.1) is 0 Å². The number of nitrogens with two attached hydrogens (primary N) is 2. The molecule has 0 unspecified atom stereocenters. The highest BCUT2D eigenvalue weighted by Crippen LogP contribution is 2.02. The van der Waals surface area contributed by atoms with E-state index in [1.54, 1.807) is 0 Å². The summed E-state index contributed by atoms with van der Waals surface area (Å²) in [5, 5.41) is 16.3. The van der Waals surface area contributed by atoms with Gasteiger partial charge in [0.2, 0.25) is 0 Å². The molecule has 24 heavy (non-hydrogen) atoms. The van der Waals surface area contributed by atoms with Crippen molar-refractivity contribution in [1.29, 1.82) is 0 Å². The van der Waals surface area contributed by atoms with Crippen LogP contribution in [0.3, 0.4) is 0 Å². The molecule has 6 N–H and O–H groups in total. The number of aliphatic carboxylic acids is 2. The van der Waals surface area contributed by atoms with E-state index in [-0.39, 0.29) is 12.8 Å². The molecule has 8 heteroatoms. The summed E-state index contributed by atoms with van der Waals surface area (Å²) in [6.07, 6.45) is 3.27. The number of hydrogen-bond donors (Lipinski definition) is 4. The smallest absolute Gasteiger partial charge is 0.303 e. The SMILES string of the molecule is NCCCN1CCN(CCCN)CC1.O=C(O)CCCCC(=O)O. The molecule has 0 atom stereocenters. The van der Waals surface area contributed by atoms with Crippen LogP contribution >= 0.6 is 0 Å². The van der Waals surface area contributed by atoms with Gasteiger partial charge < -0.3 is 31.5 Å². The Morgan fingerprint density at radius 2 is 1.04 bits per heavy atom. The van der Waals surface area contributed by atoms with E-state index in [4.69, 9.17) is 21.7 Å². The lowest BCUT2D eigenvalue weighted by Gasteiger charge is -2.34. The molecule has 1 aliphatic heterocycles. The van der Waals surface area contributed by atoms with Crippen molar-refractivity contribution >= 4 is 11.9 Å². The normalized spacial score (nSPS) is 15.6. The molecule has 0 bridgehead atoms. The van der Waals surface area contributed by atoms with Gasteiger partial charge in [-0.3, -0.25) is 9.59 Å². The Morgan fingerprint density at radius 1 is 0.708 bits per heavy atom. The first-order valence-electron chi connectivity index (χ1n) is 8.78. The number of nitrogens with zero attached hydrogens (tertiary/aromatic N) is 2. The molecule has 0 amide bonds. The molecule has 0 aromatic heterocycles. The van der Waals surface area contributed by atoms with Crippen molar-refractivity contribution in [1.82, 2.24) is 9.80 Å². The average molecular weight is 346 g/mol. The maximum Gasteiger partial charge on any atom is 0.303 e. The Morgan fingerprint density at radius 3 is 1.29 bits per heavy atom. The Bertz CT molecular complexity index is 302. The van der Waals surface area contributed by atoms with Crippen LogP contribution in [0, 0.1) is 0 Å². The summed E-state index contributed by atoms with van der Waals surface area (Å²) in [4.78, 5) is 24.8. The molecule has 1 heterocycles. The van der Waals surface area contributed by atoms with Crippen molar-refractivity contribution in [2.24, 2.45) is 11.5 Å². The lowest BCUT2D eigenvalue weighted by Crippen LogP contribution is -2.47. The molecule has 8 nitrogen and oxygen atoms in total. The maximum atomic E-state index is 9.90. The third-order valence-electron chi connectivity index (χ3n) is 3.85. The first-order valence-corrected chi connectivity index (χ1v) is 8.78. The quantitative estimate of drug-likeness (QED) is 0.385. The molecule has 1 fully saturated rings. The highest BCUT2D eigenvalue weighted by atomic mass is 16.4. The first kappa shape index (κ1) is 22.8. The Kier molecular flexibility index (Phi) is 14.5. The summed E-state index contributed by atoms with van der Waals surface area (Å²) in [7, 11) is 0. The Hall–Kier alpha value is -1.22. The van der Waals surface area contributed by atoms with Crippen molar-refractivity contribution < 1.29 is 19.8 Å². The van der Waals surface area contributed by atoms with Gasteiger partial charge in [-0.05, 0) is 51.9 Å². The topological polar surface area (TPSA) is 133 Å². The molecule has 0 aliphatic carbocycles. The molecular weight excluding hydrogens is 312 g/mol. The van der Waals surface area contributed by atoms with E-state index < -0.39 is 11.9 Å². The summed E-state index contributed by atoms with van der Waals surface area (Å²) in [5.74, 6) is -1.74. The Balaban J connectivity index is 0.000000470. The van der Waals surface area contributed by atoms with Gasteiger partial charge in [0, 0.05) is 39.0 Å². The monoisotopic (exact) mass is 346 g/mol. The van der Waals surface area contributed by atoms with Crippen molar-refractivity contribution in [2.75, 3.05) is 52.4 Å². The standard InChI is InChI=1S/C10H24N4.C6H10O4/c11-3-1-5-13-7-9-14(10-8-13)6-2-4-12;7-5(8)3-1-2-4-6(9)10/h1-12H2;1-4H2,(H,7,8)(H,9,10). The van der Waals surface area contributed by atoms with Crippen molar-refractivity contribution in [2.45, 2.75) is 38.5 Å². The van der Waals surface area contributed by atoms with Crippen LogP contribution in [0.25, 0.3) is 0 Å². The van der Waals surface area contributed by atoms with Crippen LogP contribution < -0.4 is 11.5 Å². The highest BCUT2D eigenvalue weighted by Gasteiger charge is 2.15. The number of carbonyl (C=O) groups is 2. The second-order valence-corrected chi connectivity index (χ2v) is 5.96. The summed E-state index contributed by atoms with van der Waals surface area (Å²) < 4.78 is 0. The van der Waals surface area contributed by atoms with Gasteiger partial charge in [0.1, 0.15) is 0 Å².